The number of pyridine rings is 1. The number of anilines is 1. The van der Waals surface area contributed by atoms with Gasteiger partial charge in [-0.05, 0) is 25.1 Å². The Kier molecular flexibility index (Phi) is 6.33. The molecule has 2 N–H and O–H groups in total. The van der Waals surface area contributed by atoms with Gasteiger partial charge in [-0.3, -0.25) is 4.79 Å². The molecule has 0 saturated heterocycles. The summed E-state index contributed by atoms with van der Waals surface area (Å²) in [4.78, 5) is 28.8. The predicted molar refractivity (Wildman–Crippen MR) is 95.8 cm³/mol. The van der Waals surface area contributed by atoms with E-state index < -0.39 is 0 Å². The van der Waals surface area contributed by atoms with Crippen molar-refractivity contribution in [1.82, 2.24) is 15.2 Å². The van der Waals surface area contributed by atoms with Crippen molar-refractivity contribution in [2.75, 3.05) is 26.0 Å². The van der Waals surface area contributed by atoms with Crippen LogP contribution in [0.4, 0.5) is 10.5 Å². The fourth-order valence-electron chi connectivity index (χ4n) is 1.92. The highest BCUT2D eigenvalue weighted by atomic mass is 16.5. The first-order valence-corrected chi connectivity index (χ1v) is 7.89. The van der Waals surface area contributed by atoms with Crippen molar-refractivity contribution in [3.05, 3.63) is 48.2 Å². The maximum Gasteiger partial charge on any atom is 0.319 e. The number of hydrogen-bond donors (Lipinski definition) is 2. The minimum atomic E-state index is -0.388. The SMILES string of the molecule is Cc1ccc(Oc2ccc(NC(=O)NCCC(=O)N(C)C)cn2)cc1. The summed E-state index contributed by atoms with van der Waals surface area (Å²) in [6.07, 6.45) is 1.76. The Morgan fingerprint density at radius 3 is 2.44 bits per heavy atom. The summed E-state index contributed by atoms with van der Waals surface area (Å²) in [6, 6.07) is 10.6. The first-order valence-electron chi connectivity index (χ1n) is 7.89. The standard InChI is InChI=1S/C18H22N4O3/c1-13-4-7-15(8-5-13)25-16-9-6-14(12-20-16)21-18(24)19-11-10-17(23)22(2)3/h4-9,12H,10-11H2,1-3H3,(H2,19,21,24). The summed E-state index contributed by atoms with van der Waals surface area (Å²) in [5.74, 6) is 1.09. The minimum Gasteiger partial charge on any atom is -0.439 e. The molecule has 7 nitrogen and oxygen atoms in total. The monoisotopic (exact) mass is 342 g/mol. The third-order valence-corrected chi connectivity index (χ3v) is 3.36. The Bertz CT molecular complexity index is 712. The molecule has 0 unspecified atom stereocenters. The van der Waals surface area contributed by atoms with Gasteiger partial charge in [0.15, 0.2) is 0 Å². The second kappa shape index (κ2) is 8.68. The third-order valence-electron chi connectivity index (χ3n) is 3.36. The van der Waals surface area contributed by atoms with Crippen LogP contribution < -0.4 is 15.4 Å². The number of ether oxygens (including phenoxy) is 1. The van der Waals surface area contributed by atoms with Crippen molar-refractivity contribution < 1.29 is 14.3 Å². The van der Waals surface area contributed by atoms with Crippen molar-refractivity contribution in [2.24, 2.45) is 0 Å². The number of nitrogens with one attached hydrogen (secondary N) is 2. The molecule has 0 spiro atoms. The van der Waals surface area contributed by atoms with Crippen LogP contribution in [0.25, 0.3) is 0 Å². The molecule has 25 heavy (non-hydrogen) atoms. The largest absolute Gasteiger partial charge is 0.439 e. The number of aromatic nitrogens is 1. The smallest absolute Gasteiger partial charge is 0.319 e. The van der Waals surface area contributed by atoms with Gasteiger partial charge in [0.2, 0.25) is 11.8 Å². The zero-order chi connectivity index (χ0) is 18.2. The van der Waals surface area contributed by atoms with Crippen LogP contribution >= 0.6 is 0 Å². The van der Waals surface area contributed by atoms with Crippen LogP contribution in [-0.2, 0) is 4.79 Å². The van der Waals surface area contributed by atoms with E-state index in [-0.39, 0.29) is 24.9 Å². The highest BCUT2D eigenvalue weighted by Gasteiger charge is 2.06. The second-order valence-electron chi connectivity index (χ2n) is 5.72. The van der Waals surface area contributed by atoms with Crippen molar-refractivity contribution >= 4 is 17.6 Å². The van der Waals surface area contributed by atoms with Gasteiger partial charge in [0.1, 0.15) is 5.75 Å². The van der Waals surface area contributed by atoms with Crippen molar-refractivity contribution in [2.45, 2.75) is 13.3 Å². The molecule has 3 amide bonds. The normalized spacial score (nSPS) is 10.0. The van der Waals surface area contributed by atoms with Gasteiger partial charge >= 0.3 is 6.03 Å². The van der Waals surface area contributed by atoms with Crippen molar-refractivity contribution in [1.29, 1.82) is 0 Å². The van der Waals surface area contributed by atoms with E-state index in [1.54, 1.807) is 26.2 Å². The molecular formula is C18H22N4O3. The number of nitrogens with zero attached hydrogens (tertiary/aromatic N) is 2. The van der Waals surface area contributed by atoms with Crippen LogP contribution in [0.5, 0.6) is 11.6 Å². The molecule has 7 heteroatoms. The van der Waals surface area contributed by atoms with Gasteiger partial charge < -0.3 is 20.3 Å². The molecule has 132 valence electrons. The highest BCUT2D eigenvalue weighted by Crippen LogP contribution is 2.20. The zero-order valence-electron chi connectivity index (χ0n) is 14.6. The maximum absolute atomic E-state index is 11.8. The van der Waals surface area contributed by atoms with Gasteiger partial charge in [0, 0.05) is 33.1 Å². The van der Waals surface area contributed by atoms with E-state index in [2.05, 4.69) is 15.6 Å². The fraction of sp³-hybridized carbons (Fsp3) is 0.278. The van der Waals surface area contributed by atoms with E-state index in [0.29, 0.717) is 17.3 Å². The Morgan fingerprint density at radius 2 is 1.84 bits per heavy atom. The maximum atomic E-state index is 11.8. The number of amides is 3. The van der Waals surface area contributed by atoms with E-state index in [1.807, 2.05) is 31.2 Å². The van der Waals surface area contributed by atoms with E-state index in [9.17, 15) is 9.59 Å². The molecule has 0 aliphatic heterocycles. The number of aryl methyl sites for hydroxylation is 1. The lowest BCUT2D eigenvalue weighted by atomic mass is 10.2. The number of urea groups is 1. The van der Waals surface area contributed by atoms with E-state index in [0.717, 1.165) is 5.56 Å². The molecule has 0 saturated carbocycles. The van der Waals surface area contributed by atoms with Crippen LogP contribution in [0.2, 0.25) is 0 Å². The van der Waals surface area contributed by atoms with Crippen LogP contribution in [0.1, 0.15) is 12.0 Å². The van der Waals surface area contributed by atoms with E-state index in [1.165, 1.54) is 11.1 Å². The van der Waals surface area contributed by atoms with Gasteiger partial charge in [0.25, 0.3) is 0 Å². The van der Waals surface area contributed by atoms with E-state index in [4.69, 9.17) is 4.74 Å². The molecule has 0 bridgehead atoms. The average Bonchev–Trinajstić information content (AvgIpc) is 2.58. The van der Waals surface area contributed by atoms with Gasteiger partial charge in [-0.1, -0.05) is 17.7 Å². The number of carbonyl (C=O) groups is 2. The molecule has 2 rings (SSSR count). The molecule has 1 heterocycles. The van der Waals surface area contributed by atoms with Crippen molar-refractivity contribution in [3.8, 4) is 11.6 Å². The predicted octanol–water partition coefficient (Wildman–Crippen LogP) is 2.78. The van der Waals surface area contributed by atoms with Gasteiger partial charge in [-0.25, -0.2) is 9.78 Å². The molecule has 0 radical (unpaired) electrons. The lowest BCUT2D eigenvalue weighted by Gasteiger charge is -2.11. The molecule has 0 aliphatic rings. The highest BCUT2D eigenvalue weighted by molar-refractivity contribution is 5.89. The average molecular weight is 342 g/mol. The van der Waals surface area contributed by atoms with Gasteiger partial charge in [-0.2, -0.15) is 0 Å². The topological polar surface area (TPSA) is 83.6 Å². The molecular weight excluding hydrogens is 320 g/mol. The molecule has 0 aliphatic carbocycles. The zero-order valence-corrected chi connectivity index (χ0v) is 14.6. The molecule has 0 atom stereocenters. The van der Waals surface area contributed by atoms with Crippen LogP contribution in [0, 0.1) is 6.92 Å². The van der Waals surface area contributed by atoms with Crippen LogP contribution in [0.3, 0.4) is 0 Å². The lowest BCUT2D eigenvalue weighted by molar-refractivity contribution is -0.128. The van der Waals surface area contributed by atoms with Gasteiger partial charge in [-0.15, -0.1) is 0 Å². The Labute approximate surface area is 147 Å². The first-order chi connectivity index (χ1) is 11.9. The summed E-state index contributed by atoms with van der Waals surface area (Å²) >= 11 is 0. The summed E-state index contributed by atoms with van der Waals surface area (Å²) in [7, 11) is 3.35. The third kappa shape index (κ3) is 6.14. The summed E-state index contributed by atoms with van der Waals surface area (Å²) < 4.78 is 5.63. The number of hydrogen-bond acceptors (Lipinski definition) is 4. The summed E-state index contributed by atoms with van der Waals surface area (Å²) in [5, 5.41) is 5.27. The molecule has 0 fully saturated rings. The number of rotatable bonds is 6. The summed E-state index contributed by atoms with van der Waals surface area (Å²) in [6.45, 7) is 2.27. The Hall–Kier alpha value is -3.09. The fourth-order valence-corrected chi connectivity index (χ4v) is 1.92. The molecule has 1 aromatic carbocycles. The molecule has 2 aromatic rings. The van der Waals surface area contributed by atoms with E-state index >= 15 is 0 Å². The van der Waals surface area contributed by atoms with Gasteiger partial charge in [0.05, 0.1) is 11.9 Å². The summed E-state index contributed by atoms with van der Waals surface area (Å²) in [5.41, 5.74) is 1.69. The number of benzene rings is 1. The van der Waals surface area contributed by atoms with Crippen molar-refractivity contribution in [3.63, 3.8) is 0 Å². The second-order valence-corrected chi connectivity index (χ2v) is 5.72. The minimum absolute atomic E-state index is 0.0421. The first kappa shape index (κ1) is 18.3. The quantitative estimate of drug-likeness (QED) is 0.845. The Morgan fingerprint density at radius 1 is 1.12 bits per heavy atom. The number of carbonyl (C=O) groups excluding carboxylic acids is 2. The lowest BCUT2D eigenvalue weighted by Crippen LogP contribution is -2.33. The van der Waals surface area contributed by atoms with Crippen LogP contribution in [0.15, 0.2) is 42.6 Å². The molecule has 1 aromatic heterocycles. The van der Waals surface area contributed by atoms with Crippen LogP contribution in [-0.4, -0.2) is 42.5 Å². The Balaban J connectivity index is 1.80.